The minimum atomic E-state index is 0.00265. The highest BCUT2D eigenvalue weighted by Crippen LogP contribution is 1.95. The normalized spacial score (nSPS) is 13.2. The smallest absolute Gasteiger partial charge is 0.161 e. The zero-order valence-corrected chi connectivity index (χ0v) is 15.0. The van der Waals surface area contributed by atoms with Crippen LogP contribution in [0.2, 0.25) is 24.2 Å². The van der Waals surface area contributed by atoms with E-state index in [0.29, 0.717) is 0 Å². The van der Waals surface area contributed by atoms with E-state index in [2.05, 4.69) is 24.3 Å². The van der Waals surface area contributed by atoms with Crippen LogP contribution in [0.1, 0.15) is 0 Å². The minimum absolute atomic E-state index is 0.00265. The Labute approximate surface area is 125 Å². The summed E-state index contributed by atoms with van der Waals surface area (Å²) in [6, 6.07) is 5.38. The maximum atomic E-state index is 5.36. The molecule has 0 N–H and O–H groups in total. The van der Waals surface area contributed by atoms with Crippen LogP contribution in [0.4, 0.5) is 0 Å². The van der Waals surface area contributed by atoms with Crippen molar-refractivity contribution in [3.05, 3.63) is 36.8 Å². The Morgan fingerprint density at radius 2 is 1.06 bits per heavy atom. The van der Waals surface area contributed by atoms with Crippen LogP contribution in [0.3, 0.4) is 0 Å². The Bertz CT molecular complexity index is 222. The molecule has 6 heteroatoms. The second-order valence-corrected chi connectivity index (χ2v) is 7.79. The Morgan fingerprint density at radius 3 is 1.44 bits per heavy atom. The third-order valence-corrected chi connectivity index (χ3v) is 5.38. The molecule has 0 aromatic rings. The van der Waals surface area contributed by atoms with E-state index in [0.717, 1.165) is 0 Å². The monoisotopic (exact) mass is 324 g/mol. The lowest BCUT2D eigenvalue weighted by molar-refractivity contribution is 0.312. The quantitative estimate of drug-likeness (QED) is 0.181. The molecular formula is C12H22Cl2O2Si2. The van der Waals surface area contributed by atoms with Crippen LogP contribution in [0.25, 0.3) is 0 Å². The molecule has 0 aliphatic heterocycles. The molecule has 0 rings (SSSR count). The van der Waals surface area contributed by atoms with Gasteiger partial charge in [0.2, 0.25) is 0 Å². The molecule has 0 atom stereocenters. The SMILES string of the molecule is ClCOC=CC[SiH2]CC=CC[SiH2]CC=COCCl. The first-order valence-corrected chi connectivity index (χ1v) is 11.3. The van der Waals surface area contributed by atoms with Gasteiger partial charge in [-0.25, -0.2) is 0 Å². The van der Waals surface area contributed by atoms with Crippen LogP contribution in [0.5, 0.6) is 0 Å². The maximum Gasteiger partial charge on any atom is 0.161 e. The van der Waals surface area contributed by atoms with Crippen molar-refractivity contribution >= 4 is 42.2 Å². The largest absolute Gasteiger partial charge is 0.486 e. The Morgan fingerprint density at radius 1 is 0.667 bits per heavy atom. The van der Waals surface area contributed by atoms with Gasteiger partial charge in [-0.15, -0.1) is 0 Å². The number of halogens is 2. The van der Waals surface area contributed by atoms with Gasteiger partial charge in [-0.2, -0.15) is 0 Å². The maximum absolute atomic E-state index is 5.36. The molecule has 0 fully saturated rings. The van der Waals surface area contributed by atoms with Crippen LogP contribution >= 0.6 is 23.2 Å². The lowest BCUT2D eigenvalue weighted by atomic mass is 10.6. The molecular weight excluding hydrogens is 303 g/mol. The first-order chi connectivity index (χ1) is 8.91. The van der Waals surface area contributed by atoms with Crippen molar-refractivity contribution in [1.82, 2.24) is 0 Å². The standard InChI is InChI=1S/C12H22Cl2O2Si2/c13-11-15-5-3-9-17-7-1-2-8-18-10-4-6-16-12-14/h1-6H,7-12,17-18H2. The van der Waals surface area contributed by atoms with Gasteiger partial charge in [0.15, 0.2) is 12.1 Å². The van der Waals surface area contributed by atoms with Crippen LogP contribution < -0.4 is 0 Å². The van der Waals surface area contributed by atoms with Gasteiger partial charge in [-0.3, -0.25) is 0 Å². The van der Waals surface area contributed by atoms with E-state index in [1.54, 1.807) is 12.5 Å². The van der Waals surface area contributed by atoms with Gasteiger partial charge in [0.05, 0.1) is 12.5 Å². The third kappa shape index (κ3) is 15.8. The Hall–Kier alpha value is -0.166. The van der Waals surface area contributed by atoms with Gasteiger partial charge in [-0.1, -0.05) is 47.5 Å². The van der Waals surface area contributed by atoms with Gasteiger partial charge in [0.25, 0.3) is 0 Å². The zero-order valence-electron chi connectivity index (χ0n) is 10.7. The second-order valence-electron chi connectivity index (χ2n) is 3.63. The number of allylic oxidation sites excluding steroid dienone is 4. The Balaban J connectivity index is 3.18. The first kappa shape index (κ1) is 17.8. The number of hydrogen-bond acceptors (Lipinski definition) is 2. The molecule has 0 radical (unpaired) electrons. The van der Waals surface area contributed by atoms with Crippen molar-refractivity contribution in [2.45, 2.75) is 24.2 Å². The molecule has 0 aliphatic carbocycles. The first-order valence-electron chi connectivity index (χ1n) is 6.22. The molecule has 0 amide bonds. The van der Waals surface area contributed by atoms with E-state index in [9.17, 15) is 0 Å². The molecule has 0 saturated carbocycles. The van der Waals surface area contributed by atoms with E-state index < -0.39 is 0 Å². The van der Waals surface area contributed by atoms with Crippen LogP contribution in [-0.2, 0) is 9.47 Å². The van der Waals surface area contributed by atoms with E-state index in [1.165, 1.54) is 24.2 Å². The third-order valence-electron chi connectivity index (χ3n) is 2.16. The summed E-state index contributed by atoms with van der Waals surface area (Å²) in [5.41, 5.74) is 0. The topological polar surface area (TPSA) is 18.5 Å². The number of ether oxygens (including phenoxy) is 2. The predicted octanol–water partition coefficient (Wildman–Crippen LogP) is 3.01. The molecule has 0 saturated heterocycles. The van der Waals surface area contributed by atoms with Crippen LogP contribution in [0.15, 0.2) is 36.8 Å². The highest BCUT2D eigenvalue weighted by Gasteiger charge is 1.84. The fourth-order valence-corrected chi connectivity index (χ4v) is 3.59. The van der Waals surface area contributed by atoms with Gasteiger partial charge in [0.1, 0.15) is 0 Å². The van der Waals surface area contributed by atoms with Gasteiger partial charge in [-0.05, 0) is 24.2 Å². The summed E-state index contributed by atoms with van der Waals surface area (Å²) in [5, 5.41) is 0. The van der Waals surface area contributed by atoms with Crippen molar-refractivity contribution in [1.29, 1.82) is 0 Å². The molecule has 0 spiro atoms. The second kappa shape index (κ2) is 16.8. The molecule has 0 unspecified atom stereocenters. The predicted molar refractivity (Wildman–Crippen MR) is 87.3 cm³/mol. The molecule has 0 aromatic carbocycles. The average Bonchev–Trinajstić information content (AvgIpc) is 2.39. The summed E-state index contributed by atoms with van der Waals surface area (Å²) in [4.78, 5) is 0. The van der Waals surface area contributed by atoms with Crippen molar-refractivity contribution in [2.75, 3.05) is 12.1 Å². The number of rotatable bonds is 12. The molecule has 0 bridgehead atoms. The molecule has 0 aromatic heterocycles. The molecule has 18 heavy (non-hydrogen) atoms. The van der Waals surface area contributed by atoms with E-state index >= 15 is 0 Å². The van der Waals surface area contributed by atoms with Crippen molar-refractivity contribution in [3.8, 4) is 0 Å². The summed E-state index contributed by atoms with van der Waals surface area (Å²) in [6.45, 7) is 0. The fraction of sp³-hybridized carbons (Fsp3) is 0.500. The van der Waals surface area contributed by atoms with E-state index in [1.807, 2.05) is 0 Å². The van der Waals surface area contributed by atoms with Gasteiger partial charge >= 0.3 is 0 Å². The fourth-order valence-electron chi connectivity index (χ4n) is 1.29. The zero-order chi connectivity index (χ0) is 13.3. The average molecular weight is 325 g/mol. The van der Waals surface area contributed by atoms with Crippen molar-refractivity contribution in [3.63, 3.8) is 0 Å². The van der Waals surface area contributed by atoms with Crippen LogP contribution in [-0.4, -0.2) is 31.2 Å². The highest BCUT2D eigenvalue weighted by atomic mass is 35.5. The lowest BCUT2D eigenvalue weighted by Crippen LogP contribution is -1.86. The summed E-state index contributed by atoms with van der Waals surface area (Å²) < 4.78 is 9.81. The lowest BCUT2D eigenvalue weighted by Gasteiger charge is -1.93. The summed E-state index contributed by atoms with van der Waals surface area (Å²) in [7, 11) is 0.00530. The summed E-state index contributed by atoms with van der Waals surface area (Å²) in [6.07, 6.45) is 12.2. The molecule has 2 nitrogen and oxygen atoms in total. The number of hydrogen-bond donors (Lipinski definition) is 0. The molecule has 0 heterocycles. The highest BCUT2D eigenvalue weighted by molar-refractivity contribution is 6.37. The number of alkyl halides is 2. The minimum Gasteiger partial charge on any atom is -0.486 e. The van der Waals surface area contributed by atoms with E-state index in [4.69, 9.17) is 32.7 Å². The summed E-state index contributed by atoms with van der Waals surface area (Å²) in [5.74, 6) is 0. The van der Waals surface area contributed by atoms with Crippen LogP contribution in [0, 0.1) is 0 Å². The van der Waals surface area contributed by atoms with E-state index in [-0.39, 0.29) is 31.2 Å². The summed E-state index contributed by atoms with van der Waals surface area (Å²) >= 11 is 10.7. The van der Waals surface area contributed by atoms with Crippen molar-refractivity contribution in [2.24, 2.45) is 0 Å². The molecule has 104 valence electrons. The van der Waals surface area contributed by atoms with Gasteiger partial charge in [0, 0.05) is 19.0 Å². The van der Waals surface area contributed by atoms with Crippen molar-refractivity contribution < 1.29 is 9.47 Å². The Kier molecular flexibility index (Phi) is 16.7. The van der Waals surface area contributed by atoms with Gasteiger partial charge < -0.3 is 9.47 Å². The molecule has 0 aliphatic rings.